The SMILES string of the molecule is COc1ccccc1C(=O)NN=c1c(=O)c2ccccc2c1=O. The van der Waals surface area contributed by atoms with Crippen LogP contribution in [0.3, 0.4) is 0 Å². The van der Waals surface area contributed by atoms with E-state index in [1.165, 1.54) is 7.11 Å². The number of hydrogen-bond donors (Lipinski definition) is 1. The quantitative estimate of drug-likeness (QED) is 0.721. The van der Waals surface area contributed by atoms with Crippen molar-refractivity contribution in [3.8, 4) is 5.75 Å². The van der Waals surface area contributed by atoms with Gasteiger partial charge in [-0.15, -0.1) is 0 Å². The minimum Gasteiger partial charge on any atom is -0.496 e. The predicted molar refractivity (Wildman–Crippen MR) is 84.9 cm³/mol. The molecule has 0 bridgehead atoms. The van der Waals surface area contributed by atoms with Crippen molar-refractivity contribution in [1.82, 2.24) is 5.43 Å². The molecule has 0 aliphatic rings. The second kappa shape index (κ2) is 5.84. The van der Waals surface area contributed by atoms with Crippen molar-refractivity contribution in [1.29, 1.82) is 0 Å². The van der Waals surface area contributed by atoms with Crippen LogP contribution in [0.15, 0.2) is 63.2 Å². The van der Waals surface area contributed by atoms with Gasteiger partial charge in [0, 0.05) is 10.8 Å². The molecule has 0 spiro atoms. The van der Waals surface area contributed by atoms with E-state index < -0.39 is 16.8 Å². The van der Waals surface area contributed by atoms with Crippen molar-refractivity contribution >= 4 is 16.7 Å². The molecular formula is C17H12N2O4. The van der Waals surface area contributed by atoms with Gasteiger partial charge in [-0.25, -0.2) is 5.43 Å². The topological polar surface area (TPSA) is 84.8 Å². The standard InChI is InChI=1S/C17H12N2O4/c1-23-13-9-5-4-8-12(13)17(22)19-18-14-15(20)10-6-2-3-7-11(10)16(14)21/h2-9H,1H3,(H,19,22). The van der Waals surface area contributed by atoms with Crippen LogP contribution in [0.5, 0.6) is 5.75 Å². The lowest BCUT2D eigenvalue weighted by Crippen LogP contribution is -2.35. The minimum atomic E-state index is -0.563. The summed E-state index contributed by atoms with van der Waals surface area (Å²) in [6.07, 6.45) is 0. The Morgan fingerprint density at radius 2 is 1.52 bits per heavy atom. The van der Waals surface area contributed by atoms with Gasteiger partial charge in [-0.1, -0.05) is 36.4 Å². The second-order valence-corrected chi connectivity index (χ2v) is 4.81. The summed E-state index contributed by atoms with van der Waals surface area (Å²) in [5.41, 5.74) is 1.51. The molecule has 0 fully saturated rings. The molecule has 0 aliphatic carbocycles. The molecule has 0 radical (unpaired) electrons. The maximum Gasteiger partial charge on any atom is 0.275 e. The summed E-state index contributed by atoms with van der Waals surface area (Å²) in [7, 11) is 1.44. The number of amides is 1. The van der Waals surface area contributed by atoms with Gasteiger partial charge in [-0.2, -0.15) is 5.10 Å². The molecule has 3 aromatic rings. The highest BCUT2D eigenvalue weighted by atomic mass is 16.5. The summed E-state index contributed by atoms with van der Waals surface area (Å²) in [4.78, 5) is 36.4. The molecule has 0 heterocycles. The Hall–Kier alpha value is -3.28. The van der Waals surface area contributed by atoms with Gasteiger partial charge in [-0.3, -0.25) is 14.4 Å². The van der Waals surface area contributed by atoms with Crippen LogP contribution < -0.4 is 26.4 Å². The smallest absolute Gasteiger partial charge is 0.275 e. The average molecular weight is 308 g/mol. The van der Waals surface area contributed by atoms with Crippen LogP contribution >= 0.6 is 0 Å². The predicted octanol–water partition coefficient (Wildman–Crippen LogP) is 0.690. The zero-order chi connectivity index (χ0) is 16.4. The normalized spacial score (nSPS) is 10.5. The maximum absolute atomic E-state index is 12.2. The average Bonchev–Trinajstić information content (AvgIpc) is 2.84. The fourth-order valence-electron chi connectivity index (χ4n) is 2.34. The van der Waals surface area contributed by atoms with Crippen LogP contribution in [0.4, 0.5) is 0 Å². The molecule has 114 valence electrons. The fourth-order valence-corrected chi connectivity index (χ4v) is 2.34. The fraction of sp³-hybridized carbons (Fsp3) is 0.0588. The molecule has 0 saturated carbocycles. The lowest BCUT2D eigenvalue weighted by atomic mass is 10.2. The van der Waals surface area contributed by atoms with Crippen molar-refractivity contribution in [2.24, 2.45) is 5.10 Å². The zero-order valence-electron chi connectivity index (χ0n) is 12.2. The van der Waals surface area contributed by atoms with Crippen molar-refractivity contribution in [2.75, 3.05) is 7.11 Å². The first-order chi connectivity index (χ1) is 11.1. The lowest BCUT2D eigenvalue weighted by molar-refractivity contribution is 0.0950. The van der Waals surface area contributed by atoms with Crippen molar-refractivity contribution < 1.29 is 9.53 Å². The van der Waals surface area contributed by atoms with E-state index in [2.05, 4.69) is 10.5 Å². The minimum absolute atomic E-state index is 0.259. The number of ether oxygens (including phenoxy) is 1. The highest BCUT2D eigenvalue weighted by molar-refractivity contribution is 5.96. The number of benzene rings is 2. The van der Waals surface area contributed by atoms with Crippen LogP contribution in [-0.2, 0) is 0 Å². The first-order valence-corrected chi connectivity index (χ1v) is 6.83. The van der Waals surface area contributed by atoms with E-state index in [0.29, 0.717) is 16.5 Å². The van der Waals surface area contributed by atoms with Crippen molar-refractivity contribution in [3.05, 3.63) is 79.9 Å². The van der Waals surface area contributed by atoms with Gasteiger partial charge < -0.3 is 4.74 Å². The summed E-state index contributed by atoms with van der Waals surface area (Å²) in [6.45, 7) is 0. The molecule has 1 amide bonds. The van der Waals surface area contributed by atoms with E-state index >= 15 is 0 Å². The number of para-hydroxylation sites is 1. The third-order valence-corrected chi connectivity index (χ3v) is 3.47. The number of rotatable bonds is 3. The van der Waals surface area contributed by atoms with Gasteiger partial charge in [0.2, 0.25) is 10.9 Å². The molecule has 0 aromatic heterocycles. The number of hydrogen-bond acceptors (Lipinski definition) is 5. The lowest BCUT2D eigenvalue weighted by Gasteiger charge is -2.05. The number of methoxy groups -OCH3 is 1. The summed E-state index contributed by atoms with van der Waals surface area (Å²) < 4.78 is 5.09. The van der Waals surface area contributed by atoms with Gasteiger partial charge in [0.05, 0.1) is 12.7 Å². The molecule has 3 aromatic carbocycles. The first-order valence-electron chi connectivity index (χ1n) is 6.83. The summed E-state index contributed by atoms with van der Waals surface area (Å²) >= 11 is 0. The Kier molecular flexibility index (Phi) is 3.72. The van der Waals surface area contributed by atoms with Crippen LogP contribution in [0.2, 0.25) is 0 Å². The zero-order valence-corrected chi connectivity index (χ0v) is 12.2. The van der Waals surface area contributed by atoms with Gasteiger partial charge in [0.15, 0.2) is 5.36 Å². The number of fused-ring (bicyclic) bond motifs is 1. The van der Waals surface area contributed by atoms with E-state index in [-0.39, 0.29) is 10.9 Å². The maximum atomic E-state index is 12.2. The van der Waals surface area contributed by atoms with Crippen LogP contribution in [0.25, 0.3) is 10.8 Å². The van der Waals surface area contributed by atoms with Crippen LogP contribution in [0, 0.1) is 0 Å². The highest BCUT2D eigenvalue weighted by Crippen LogP contribution is 2.16. The van der Waals surface area contributed by atoms with Gasteiger partial charge in [0.1, 0.15) is 5.75 Å². The third kappa shape index (κ3) is 2.50. The summed E-state index contributed by atoms with van der Waals surface area (Å²) in [5, 5.41) is 4.01. The van der Waals surface area contributed by atoms with Crippen LogP contribution in [-0.4, -0.2) is 13.0 Å². The Labute approximate surface area is 130 Å². The third-order valence-electron chi connectivity index (χ3n) is 3.47. The highest BCUT2D eigenvalue weighted by Gasteiger charge is 2.13. The molecule has 0 aliphatic heterocycles. The van der Waals surface area contributed by atoms with E-state index in [4.69, 9.17) is 4.74 Å². The number of carbonyl (C=O) groups is 1. The second-order valence-electron chi connectivity index (χ2n) is 4.81. The van der Waals surface area contributed by atoms with Crippen molar-refractivity contribution in [2.45, 2.75) is 0 Å². The van der Waals surface area contributed by atoms with Gasteiger partial charge in [-0.05, 0) is 12.1 Å². The number of nitrogens with one attached hydrogen (secondary N) is 1. The molecule has 0 unspecified atom stereocenters. The van der Waals surface area contributed by atoms with E-state index in [1.54, 1.807) is 48.5 Å². The molecule has 6 heteroatoms. The van der Waals surface area contributed by atoms with Gasteiger partial charge >= 0.3 is 0 Å². The Balaban J connectivity index is 2.03. The Bertz CT molecular complexity index is 996. The van der Waals surface area contributed by atoms with E-state index in [1.807, 2.05) is 0 Å². The van der Waals surface area contributed by atoms with E-state index in [0.717, 1.165) is 0 Å². The largest absolute Gasteiger partial charge is 0.496 e. The Morgan fingerprint density at radius 1 is 0.957 bits per heavy atom. The molecule has 0 saturated heterocycles. The first kappa shape index (κ1) is 14.6. The van der Waals surface area contributed by atoms with Gasteiger partial charge in [0.25, 0.3) is 5.91 Å². The summed E-state index contributed by atoms with van der Waals surface area (Å²) in [5.74, 6) is -0.191. The number of nitrogens with zero attached hydrogens (tertiary/aromatic N) is 1. The summed E-state index contributed by atoms with van der Waals surface area (Å²) in [6, 6.07) is 13.0. The molecule has 1 N–H and O–H groups in total. The monoisotopic (exact) mass is 308 g/mol. The van der Waals surface area contributed by atoms with Crippen molar-refractivity contribution in [3.63, 3.8) is 0 Å². The number of carbonyl (C=O) groups excluding carboxylic acids is 1. The van der Waals surface area contributed by atoms with Crippen LogP contribution in [0.1, 0.15) is 10.4 Å². The molecule has 0 atom stereocenters. The molecule has 3 rings (SSSR count). The Morgan fingerprint density at radius 3 is 2.13 bits per heavy atom. The molecule has 23 heavy (non-hydrogen) atoms. The molecular weight excluding hydrogens is 296 g/mol. The van der Waals surface area contributed by atoms with E-state index in [9.17, 15) is 14.4 Å². The molecule has 6 nitrogen and oxygen atoms in total.